The van der Waals surface area contributed by atoms with Crippen LogP contribution in [0.15, 0.2) is 18.3 Å². The van der Waals surface area contributed by atoms with Crippen molar-refractivity contribution in [3.8, 4) is 0 Å². The Morgan fingerprint density at radius 1 is 1.27 bits per heavy atom. The lowest BCUT2D eigenvalue weighted by molar-refractivity contribution is -0.136. The zero-order valence-corrected chi connectivity index (χ0v) is 12.8. The van der Waals surface area contributed by atoms with Crippen molar-refractivity contribution in [1.29, 1.82) is 0 Å². The van der Waals surface area contributed by atoms with Crippen molar-refractivity contribution >= 4 is 35.3 Å². The number of halogens is 1. The molecule has 0 aliphatic carbocycles. The quantitative estimate of drug-likeness (QED) is 0.603. The first-order valence-electron chi connectivity index (χ1n) is 6.49. The molecule has 0 saturated carbocycles. The predicted molar refractivity (Wildman–Crippen MR) is 80.7 cm³/mol. The Morgan fingerprint density at radius 3 is 2.45 bits per heavy atom. The van der Waals surface area contributed by atoms with Crippen molar-refractivity contribution in [3.05, 3.63) is 23.4 Å². The number of rotatable bonds is 5. The summed E-state index contributed by atoms with van der Waals surface area (Å²) in [6.45, 7) is 3.60. The van der Waals surface area contributed by atoms with E-state index in [0.717, 1.165) is 0 Å². The fourth-order valence-corrected chi connectivity index (χ4v) is 1.63. The SMILES string of the molecule is CC(C)[C@H](CNC(=O)C(=O)Nc1ccc(Cl)cn1)NC(=O)O. The minimum Gasteiger partial charge on any atom is -0.465 e. The predicted octanol–water partition coefficient (Wildman–Crippen LogP) is 1.08. The largest absolute Gasteiger partial charge is 0.465 e. The Hall–Kier alpha value is -2.35. The number of carbonyl (C=O) groups is 3. The molecule has 0 aliphatic rings. The van der Waals surface area contributed by atoms with Gasteiger partial charge in [0, 0.05) is 12.7 Å². The second-order valence-electron chi connectivity index (χ2n) is 4.83. The minimum absolute atomic E-state index is 0.00423. The number of amides is 3. The maximum Gasteiger partial charge on any atom is 0.404 e. The molecule has 1 aromatic rings. The first kappa shape index (κ1) is 17.7. The van der Waals surface area contributed by atoms with Crippen LogP contribution in [0.3, 0.4) is 0 Å². The summed E-state index contributed by atoms with van der Waals surface area (Å²) in [6.07, 6.45) is 0.142. The van der Waals surface area contributed by atoms with Gasteiger partial charge in [-0.15, -0.1) is 0 Å². The molecule has 120 valence electrons. The lowest BCUT2D eigenvalue weighted by Gasteiger charge is -2.20. The van der Waals surface area contributed by atoms with Crippen molar-refractivity contribution in [2.75, 3.05) is 11.9 Å². The Labute approximate surface area is 132 Å². The number of nitrogens with zero attached hydrogens (tertiary/aromatic N) is 1. The molecule has 0 aliphatic heterocycles. The molecule has 1 aromatic heterocycles. The zero-order valence-electron chi connectivity index (χ0n) is 12.1. The molecule has 0 unspecified atom stereocenters. The van der Waals surface area contributed by atoms with E-state index in [4.69, 9.17) is 16.7 Å². The van der Waals surface area contributed by atoms with Gasteiger partial charge in [0.2, 0.25) is 0 Å². The molecule has 1 heterocycles. The van der Waals surface area contributed by atoms with Crippen LogP contribution in [0.4, 0.5) is 10.6 Å². The van der Waals surface area contributed by atoms with Crippen molar-refractivity contribution in [1.82, 2.24) is 15.6 Å². The fourth-order valence-electron chi connectivity index (χ4n) is 1.52. The standard InChI is InChI=1S/C13H17ClN4O4/c1-7(2)9(17-13(21)22)6-16-11(19)12(20)18-10-4-3-8(14)5-15-10/h3-5,7,9,17H,6H2,1-2H3,(H,16,19)(H,21,22)(H,15,18,20)/t9-/m0/s1. The summed E-state index contributed by atoms with van der Waals surface area (Å²) in [6, 6.07) is 2.48. The molecule has 1 atom stereocenters. The van der Waals surface area contributed by atoms with Gasteiger partial charge in [-0.3, -0.25) is 9.59 Å². The molecule has 0 saturated heterocycles. The maximum absolute atomic E-state index is 11.7. The molecule has 8 nitrogen and oxygen atoms in total. The van der Waals surface area contributed by atoms with E-state index in [1.807, 2.05) is 0 Å². The van der Waals surface area contributed by atoms with Crippen LogP contribution >= 0.6 is 11.6 Å². The van der Waals surface area contributed by atoms with Crippen LogP contribution in [0.2, 0.25) is 5.02 Å². The van der Waals surface area contributed by atoms with Crippen LogP contribution in [-0.2, 0) is 9.59 Å². The summed E-state index contributed by atoms with van der Waals surface area (Å²) in [5.74, 6) is -1.63. The molecule has 22 heavy (non-hydrogen) atoms. The van der Waals surface area contributed by atoms with E-state index in [9.17, 15) is 14.4 Å². The van der Waals surface area contributed by atoms with Crippen LogP contribution in [0, 0.1) is 5.92 Å². The highest BCUT2D eigenvalue weighted by atomic mass is 35.5. The summed E-state index contributed by atoms with van der Waals surface area (Å²) in [5.41, 5.74) is 0. The fraction of sp³-hybridized carbons (Fsp3) is 0.385. The minimum atomic E-state index is -1.19. The number of carbonyl (C=O) groups excluding carboxylic acids is 2. The number of nitrogens with one attached hydrogen (secondary N) is 3. The van der Waals surface area contributed by atoms with Crippen LogP contribution in [0.25, 0.3) is 0 Å². The Morgan fingerprint density at radius 2 is 1.95 bits per heavy atom. The molecular weight excluding hydrogens is 312 g/mol. The lowest BCUT2D eigenvalue weighted by Crippen LogP contribution is -2.48. The van der Waals surface area contributed by atoms with Crippen LogP contribution < -0.4 is 16.0 Å². The van der Waals surface area contributed by atoms with Crippen LogP contribution in [0.1, 0.15) is 13.8 Å². The van der Waals surface area contributed by atoms with Gasteiger partial charge >= 0.3 is 17.9 Å². The molecule has 0 radical (unpaired) electrons. The van der Waals surface area contributed by atoms with Crippen molar-refractivity contribution in [2.45, 2.75) is 19.9 Å². The average molecular weight is 329 g/mol. The van der Waals surface area contributed by atoms with E-state index >= 15 is 0 Å². The molecular formula is C13H17ClN4O4. The third-order valence-corrected chi connectivity index (χ3v) is 2.99. The molecule has 3 amide bonds. The number of pyridine rings is 1. The highest BCUT2D eigenvalue weighted by molar-refractivity contribution is 6.39. The van der Waals surface area contributed by atoms with Crippen LogP contribution in [0.5, 0.6) is 0 Å². The third kappa shape index (κ3) is 5.96. The van der Waals surface area contributed by atoms with Crippen molar-refractivity contribution in [2.24, 2.45) is 5.92 Å². The van der Waals surface area contributed by atoms with E-state index in [-0.39, 0.29) is 18.3 Å². The number of anilines is 1. The number of hydrogen-bond donors (Lipinski definition) is 4. The Balaban J connectivity index is 2.51. The van der Waals surface area contributed by atoms with E-state index < -0.39 is 23.9 Å². The van der Waals surface area contributed by atoms with Gasteiger partial charge in [0.15, 0.2) is 0 Å². The molecule has 0 aromatic carbocycles. The van der Waals surface area contributed by atoms with Crippen LogP contribution in [-0.4, -0.2) is 40.6 Å². The van der Waals surface area contributed by atoms with Gasteiger partial charge in [0.1, 0.15) is 5.82 Å². The van der Waals surface area contributed by atoms with Gasteiger partial charge in [0.25, 0.3) is 0 Å². The second-order valence-corrected chi connectivity index (χ2v) is 5.26. The van der Waals surface area contributed by atoms with Gasteiger partial charge in [-0.2, -0.15) is 0 Å². The molecule has 0 bridgehead atoms. The number of carboxylic acid groups (broad SMARTS) is 1. The summed E-state index contributed by atoms with van der Waals surface area (Å²) in [7, 11) is 0. The molecule has 9 heteroatoms. The Bertz CT molecular complexity index is 547. The van der Waals surface area contributed by atoms with E-state index in [2.05, 4.69) is 20.9 Å². The average Bonchev–Trinajstić information content (AvgIpc) is 2.44. The maximum atomic E-state index is 11.7. The summed E-state index contributed by atoms with van der Waals surface area (Å²) in [4.78, 5) is 37.8. The van der Waals surface area contributed by atoms with Gasteiger partial charge < -0.3 is 21.1 Å². The highest BCUT2D eigenvalue weighted by Gasteiger charge is 2.19. The number of hydrogen-bond acceptors (Lipinski definition) is 4. The topological polar surface area (TPSA) is 120 Å². The normalized spacial score (nSPS) is 11.6. The number of aromatic nitrogens is 1. The third-order valence-electron chi connectivity index (χ3n) is 2.77. The van der Waals surface area contributed by atoms with Gasteiger partial charge in [-0.05, 0) is 18.1 Å². The van der Waals surface area contributed by atoms with Gasteiger partial charge in [0.05, 0.1) is 11.1 Å². The van der Waals surface area contributed by atoms with E-state index in [0.29, 0.717) is 5.02 Å². The molecule has 0 fully saturated rings. The van der Waals surface area contributed by atoms with E-state index in [1.54, 1.807) is 13.8 Å². The van der Waals surface area contributed by atoms with Gasteiger partial charge in [-0.25, -0.2) is 9.78 Å². The second kappa shape index (κ2) is 8.18. The summed E-state index contributed by atoms with van der Waals surface area (Å²) >= 11 is 5.66. The molecule has 1 rings (SSSR count). The van der Waals surface area contributed by atoms with Crippen molar-refractivity contribution < 1.29 is 19.5 Å². The lowest BCUT2D eigenvalue weighted by atomic mass is 10.0. The van der Waals surface area contributed by atoms with Crippen molar-refractivity contribution in [3.63, 3.8) is 0 Å². The summed E-state index contributed by atoms with van der Waals surface area (Å²) in [5, 5.41) is 16.1. The van der Waals surface area contributed by atoms with Gasteiger partial charge in [-0.1, -0.05) is 25.4 Å². The highest BCUT2D eigenvalue weighted by Crippen LogP contribution is 2.09. The first-order valence-corrected chi connectivity index (χ1v) is 6.87. The zero-order chi connectivity index (χ0) is 16.7. The monoisotopic (exact) mass is 328 g/mol. The molecule has 4 N–H and O–H groups in total. The summed E-state index contributed by atoms with van der Waals surface area (Å²) < 4.78 is 0. The smallest absolute Gasteiger partial charge is 0.404 e. The molecule has 0 spiro atoms. The first-order chi connectivity index (χ1) is 10.3. The Kier molecular flexibility index (Phi) is 6.58. The van der Waals surface area contributed by atoms with E-state index in [1.165, 1.54) is 18.3 Å².